The van der Waals surface area contributed by atoms with Crippen molar-refractivity contribution in [2.75, 3.05) is 11.9 Å². The molecule has 3 rings (SSSR count). The summed E-state index contributed by atoms with van der Waals surface area (Å²) in [5, 5.41) is 8.77. The summed E-state index contributed by atoms with van der Waals surface area (Å²) in [6.07, 6.45) is 0. The molecular formula is C15H18ClN5. The highest BCUT2D eigenvalue weighted by atomic mass is 35.5. The summed E-state index contributed by atoms with van der Waals surface area (Å²) < 4.78 is 1.78. The lowest BCUT2D eigenvalue weighted by atomic mass is 10.2. The molecule has 2 aromatic heterocycles. The van der Waals surface area contributed by atoms with Gasteiger partial charge in [0.15, 0.2) is 0 Å². The molecule has 0 radical (unpaired) electrons. The number of halogens is 1. The highest BCUT2D eigenvalue weighted by molar-refractivity contribution is 5.89. The van der Waals surface area contributed by atoms with Crippen LogP contribution in [0.2, 0.25) is 0 Å². The molecule has 0 spiro atoms. The molecule has 21 heavy (non-hydrogen) atoms. The minimum atomic E-state index is 0. The molecule has 1 N–H and O–H groups in total. The van der Waals surface area contributed by atoms with Crippen molar-refractivity contribution in [2.45, 2.75) is 20.8 Å². The molecule has 110 valence electrons. The van der Waals surface area contributed by atoms with Gasteiger partial charge in [-0.25, -0.2) is 9.67 Å². The van der Waals surface area contributed by atoms with Gasteiger partial charge in [0.2, 0.25) is 0 Å². The predicted octanol–water partition coefficient (Wildman–Crippen LogP) is 3.29. The molecule has 0 atom stereocenters. The molecule has 0 saturated heterocycles. The smallest absolute Gasteiger partial charge is 0.253 e. The van der Waals surface area contributed by atoms with Crippen LogP contribution in [-0.2, 0) is 0 Å². The number of aryl methyl sites for hydroxylation is 2. The van der Waals surface area contributed by atoms with Gasteiger partial charge >= 0.3 is 0 Å². The fourth-order valence-corrected chi connectivity index (χ4v) is 2.29. The molecule has 3 aromatic rings. The van der Waals surface area contributed by atoms with Crippen LogP contribution >= 0.6 is 12.4 Å². The molecule has 6 heteroatoms. The van der Waals surface area contributed by atoms with Crippen molar-refractivity contribution in [1.29, 1.82) is 0 Å². The minimum absolute atomic E-state index is 0. The van der Waals surface area contributed by atoms with Crippen LogP contribution in [0.5, 0.6) is 0 Å². The van der Waals surface area contributed by atoms with Crippen molar-refractivity contribution in [3.8, 4) is 5.95 Å². The second-order valence-corrected chi connectivity index (χ2v) is 4.76. The highest BCUT2D eigenvalue weighted by Crippen LogP contribution is 2.21. The Kier molecular flexibility index (Phi) is 4.43. The van der Waals surface area contributed by atoms with E-state index in [1.807, 2.05) is 44.2 Å². The van der Waals surface area contributed by atoms with Crippen LogP contribution in [0.25, 0.3) is 16.9 Å². The summed E-state index contributed by atoms with van der Waals surface area (Å²) in [5.74, 6) is 1.45. The third-order valence-corrected chi connectivity index (χ3v) is 3.13. The zero-order valence-electron chi connectivity index (χ0n) is 12.3. The van der Waals surface area contributed by atoms with Crippen LogP contribution in [-0.4, -0.2) is 26.3 Å². The summed E-state index contributed by atoms with van der Waals surface area (Å²) in [7, 11) is 0. The van der Waals surface area contributed by atoms with Gasteiger partial charge in [-0.2, -0.15) is 10.1 Å². The first-order valence-electron chi connectivity index (χ1n) is 6.73. The Hall–Kier alpha value is -2.14. The molecule has 2 heterocycles. The van der Waals surface area contributed by atoms with Gasteiger partial charge < -0.3 is 5.32 Å². The van der Waals surface area contributed by atoms with Gasteiger partial charge in [-0.05, 0) is 39.0 Å². The second kappa shape index (κ2) is 6.10. The molecule has 0 unspecified atom stereocenters. The number of nitrogens with one attached hydrogen (secondary N) is 1. The van der Waals surface area contributed by atoms with Gasteiger partial charge in [-0.1, -0.05) is 12.1 Å². The highest BCUT2D eigenvalue weighted by Gasteiger charge is 2.11. The van der Waals surface area contributed by atoms with Gasteiger partial charge in [-0.3, -0.25) is 0 Å². The first-order valence-corrected chi connectivity index (χ1v) is 6.73. The van der Waals surface area contributed by atoms with E-state index < -0.39 is 0 Å². The van der Waals surface area contributed by atoms with Crippen molar-refractivity contribution in [3.05, 3.63) is 41.7 Å². The van der Waals surface area contributed by atoms with Crippen LogP contribution in [0.15, 0.2) is 30.3 Å². The molecule has 1 aromatic carbocycles. The molecule has 0 amide bonds. The van der Waals surface area contributed by atoms with Gasteiger partial charge in [0.05, 0.1) is 11.2 Å². The Morgan fingerprint density at radius 3 is 2.57 bits per heavy atom. The summed E-state index contributed by atoms with van der Waals surface area (Å²) in [6.45, 7) is 6.85. The molecule has 0 bridgehead atoms. The van der Waals surface area contributed by atoms with Gasteiger partial charge in [-0.15, -0.1) is 12.4 Å². The predicted molar refractivity (Wildman–Crippen MR) is 87.5 cm³/mol. The first-order chi connectivity index (χ1) is 9.69. The van der Waals surface area contributed by atoms with Crippen molar-refractivity contribution in [3.63, 3.8) is 0 Å². The van der Waals surface area contributed by atoms with Crippen LogP contribution in [0.3, 0.4) is 0 Å². The third-order valence-electron chi connectivity index (χ3n) is 3.13. The van der Waals surface area contributed by atoms with E-state index in [1.165, 1.54) is 0 Å². The molecule has 0 aliphatic carbocycles. The number of aromatic nitrogens is 4. The standard InChI is InChI=1S/C15H17N5.ClH/c1-4-16-14-12-7-5-6-8-13(12)17-15(18-14)20-11(3)9-10(2)19-20;/h5-9H,4H2,1-3H3,(H,16,17,18);1H. The van der Waals surface area contributed by atoms with Crippen LogP contribution in [0.1, 0.15) is 18.3 Å². The number of nitrogens with zero attached hydrogens (tertiary/aromatic N) is 4. The van der Waals surface area contributed by atoms with Crippen LogP contribution < -0.4 is 5.32 Å². The third kappa shape index (κ3) is 2.83. The molecule has 0 fully saturated rings. The van der Waals surface area contributed by atoms with E-state index in [-0.39, 0.29) is 12.4 Å². The molecule has 0 aliphatic heterocycles. The van der Waals surface area contributed by atoms with E-state index in [2.05, 4.69) is 27.3 Å². The fourth-order valence-electron chi connectivity index (χ4n) is 2.29. The Balaban J connectivity index is 0.00000161. The first kappa shape index (κ1) is 15.3. The lowest BCUT2D eigenvalue weighted by Gasteiger charge is -2.10. The SMILES string of the molecule is CCNc1nc(-n2nc(C)cc2C)nc2ccccc12.Cl. The van der Waals surface area contributed by atoms with Crippen molar-refractivity contribution in [1.82, 2.24) is 19.7 Å². The van der Waals surface area contributed by atoms with Crippen molar-refractivity contribution in [2.24, 2.45) is 0 Å². The topological polar surface area (TPSA) is 55.6 Å². The quantitative estimate of drug-likeness (QED) is 0.806. The number of fused-ring (bicyclic) bond motifs is 1. The number of hydrogen-bond donors (Lipinski definition) is 1. The maximum Gasteiger partial charge on any atom is 0.253 e. The average molecular weight is 304 g/mol. The second-order valence-electron chi connectivity index (χ2n) is 4.76. The number of para-hydroxylation sites is 1. The van der Waals surface area contributed by atoms with Crippen LogP contribution in [0, 0.1) is 13.8 Å². The largest absolute Gasteiger partial charge is 0.370 e. The van der Waals surface area contributed by atoms with Gasteiger partial charge in [0, 0.05) is 17.6 Å². The number of benzene rings is 1. The van der Waals surface area contributed by atoms with E-state index >= 15 is 0 Å². The Morgan fingerprint density at radius 1 is 1.14 bits per heavy atom. The van der Waals surface area contributed by atoms with E-state index in [4.69, 9.17) is 0 Å². The van der Waals surface area contributed by atoms with E-state index in [1.54, 1.807) is 4.68 Å². The average Bonchev–Trinajstić information content (AvgIpc) is 2.78. The van der Waals surface area contributed by atoms with Crippen LogP contribution in [0.4, 0.5) is 5.82 Å². The Morgan fingerprint density at radius 2 is 1.90 bits per heavy atom. The molecule has 0 aliphatic rings. The van der Waals surface area contributed by atoms with E-state index in [9.17, 15) is 0 Å². The maximum atomic E-state index is 4.61. The molecular weight excluding hydrogens is 286 g/mol. The maximum absolute atomic E-state index is 4.61. The van der Waals surface area contributed by atoms with Crippen molar-refractivity contribution < 1.29 is 0 Å². The fraction of sp³-hybridized carbons (Fsp3) is 0.267. The zero-order chi connectivity index (χ0) is 14.1. The monoisotopic (exact) mass is 303 g/mol. The Bertz CT molecular complexity index is 766. The summed E-state index contributed by atoms with van der Waals surface area (Å²) >= 11 is 0. The van der Waals surface area contributed by atoms with E-state index in [0.717, 1.165) is 34.7 Å². The lowest BCUT2D eigenvalue weighted by Crippen LogP contribution is -2.09. The zero-order valence-corrected chi connectivity index (χ0v) is 13.1. The number of hydrogen-bond acceptors (Lipinski definition) is 4. The minimum Gasteiger partial charge on any atom is -0.370 e. The summed E-state index contributed by atoms with van der Waals surface area (Å²) in [5.41, 5.74) is 2.91. The molecule has 5 nitrogen and oxygen atoms in total. The number of anilines is 1. The summed E-state index contributed by atoms with van der Waals surface area (Å²) in [6, 6.07) is 10.0. The normalized spacial score (nSPS) is 10.4. The Labute approximate surface area is 129 Å². The lowest BCUT2D eigenvalue weighted by molar-refractivity contribution is 0.780. The van der Waals surface area contributed by atoms with Gasteiger partial charge in [0.1, 0.15) is 5.82 Å². The van der Waals surface area contributed by atoms with Crippen molar-refractivity contribution >= 4 is 29.1 Å². The summed E-state index contributed by atoms with van der Waals surface area (Å²) in [4.78, 5) is 9.23. The number of rotatable bonds is 3. The van der Waals surface area contributed by atoms with Gasteiger partial charge in [0.25, 0.3) is 5.95 Å². The van der Waals surface area contributed by atoms with E-state index in [0.29, 0.717) is 5.95 Å². The molecule has 0 saturated carbocycles.